The van der Waals surface area contributed by atoms with E-state index in [2.05, 4.69) is 13.8 Å². The Hall–Kier alpha value is -2.60. The summed E-state index contributed by atoms with van der Waals surface area (Å²) < 4.78 is 12.0. The lowest BCUT2D eigenvalue weighted by atomic mass is 9.83. The predicted octanol–water partition coefficient (Wildman–Crippen LogP) is 7.69. The average molecular weight is 717 g/mol. The number of rotatable bonds is 8. The third-order valence-electron chi connectivity index (χ3n) is 11.3. The molecule has 0 spiro atoms. The normalized spacial score (nSPS) is 31.6. The second-order valence-corrected chi connectivity index (χ2v) is 15.4. The number of phenolic OH excluding ortho intramolecular Hbond substituents is 4. The molecule has 5 aliphatic rings. The van der Waals surface area contributed by atoms with E-state index >= 15 is 0 Å². The summed E-state index contributed by atoms with van der Waals surface area (Å²) in [5, 5.41) is 87.7. The maximum atomic E-state index is 11.5. The fourth-order valence-corrected chi connectivity index (χ4v) is 8.16. The van der Waals surface area contributed by atoms with Crippen LogP contribution in [0.5, 0.6) is 23.0 Å². The largest absolute Gasteiger partial charge is 0.508 e. The SMILES string of the molecule is CCCC[C@H]1CCCC[C@H](C)[C@@H](O)c2cc(O)c(c(O)c2)[C@@H](CCCC)CCCC[C@H](C)[C@@H](O[C@@H]2OC[C@@H](O)[C@@H](O)[C@H]2O)c2cc(O)c1c(O)c2. The smallest absolute Gasteiger partial charge is 0.186 e. The minimum absolute atomic E-state index is 0.0141. The number of hydrogen-bond acceptors (Lipinski definition) is 10. The Kier molecular flexibility index (Phi) is 15.7. The van der Waals surface area contributed by atoms with E-state index < -0.39 is 36.8 Å². The van der Waals surface area contributed by atoms with E-state index in [-0.39, 0.29) is 53.3 Å². The van der Waals surface area contributed by atoms with Crippen molar-refractivity contribution < 1.29 is 50.3 Å². The van der Waals surface area contributed by atoms with Crippen LogP contribution >= 0.6 is 0 Å². The third-order valence-corrected chi connectivity index (χ3v) is 11.3. The molecule has 10 nitrogen and oxygen atoms in total. The van der Waals surface area contributed by atoms with Gasteiger partial charge in [0.2, 0.25) is 0 Å². The quantitative estimate of drug-likeness (QED) is 0.135. The molecule has 8 N–H and O–H groups in total. The van der Waals surface area contributed by atoms with Crippen molar-refractivity contribution in [3.05, 3.63) is 46.5 Å². The second kappa shape index (κ2) is 19.5. The average Bonchev–Trinajstić information content (AvgIpc) is 3.09. The van der Waals surface area contributed by atoms with Crippen LogP contribution in [0.4, 0.5) is 0 Å². The van der Waals surface area contributed by atoms with Crippen molar-refractivity contribution in [1.29, 1.82) is 0 Å². The zero-order valence-electron chi connectivity index (χ0n) is 31.1. The van der Waals surface area contributed by atoms with Gasteiger partial charge in [-0.15, -0.1) is 0 Å². The van der Waals surface area contributed by atoms with E-state index in [9.17, 15) is 40.9 Å². The first-order valence-electron chi connectivity index (χ1n) is 19.5. The van der Waals surface area contributed by atoms with Gasteiger partial charge in [-0.25, -0.2) is 0 Å². The van der Waals surface area contributed by atoms with E-state index in [0.29, 0.717) is 28.7 Å². The van der Waals surface area contributed by atoms with Crippen LogP contribution < -0.4 is 0 Å². The highest BCUT2D eigenvalue weighted by Crippen LogP contribution is 2.46. The fourth-order valence-electron chi connectivity index (χ4n) is 8.16. The molecule has 2 aromatic rings. The molecule has 10 heteroatoms. The Labute approximate surface area is 304 Å². The highest BCUT2D eigenvalue weighted by molar-refractivity contribution is 5.50. The zero-order chi connectivity index (χ0) is 37.2. The molecule has 4 bridgehead atoms. The van der Waals surface area contributed by atoms with Crippen molar-refractivity contribution in [2.24, 2.45) is 11.8 Å². The maximum Gasteiger partial charge on any atom is 0.186 e. The summed E-state index contributed by atoms with van der Waals surface area (Å²) in [5.74, 6) is -0.456. The molecule has 0 saturated carbocycles. The number of aromatic hydroxyl groups is 4. The molecule has 7 rings (SSSR count). The first-order chi connectivity index (χ1) is 24.4. The fraction of sp³-hybridized carbons (Fsp3) is 0.707. The van der Waals surface area contributed by atoms with Crippen LogP contribution in [-0.4, -0.2) is 72.1 Å². The van der Waals surface area contributed by atoms with Crippen molar-refractivity contribution >= 4 is 0 Å². The molecule has 51 heavy (non-hydrogen) atoms. The van der Waals surface area contributed by atoms with Crippen molar-refractivity contribution in [2.45, 2.75) is 166 Å². The van der Waals surface area contributed by atoms with Gasteiger partial charge in [0.05, 0.1) is 18.8 Å². The lowest BCUT2D eigenvalue weighted by Crippen LogP contribution is -2.54. The molecule has 1 aliphatic heterocycles. The summed E-state index contributed by atoms with van der Waals surface area (Å²) in [5.41, 5.74) is 2.05. The summed E-state index contributed by atoms with van der Waals surface area (Å²) in [6.45, 7) is 7.97. The van der Waals surface area contributed by atoms with E-state index in [1.165, 1.54) is 0 Å². The molecule has 10 atom stereocenters. The van der Waals surface area contributed by atoms with Crippen LogP contribution in [0.3, 0.4) is 0 Å². The molecule has 1 heterocycles. The summed E-state index contributed by atoms with van der Waals surface area (Å²) in [7, 11) is 0. The number of hydrogen-bond donors (Lipinski definition) is 8. The summed E-state index contributed by atoms with van der Waals surface area (Å²) in [6, 6.07) is 6.49. The molecule has 4 aliphatic carbocycles. The van der Waals surface area contributed by atoms with Crippen LogP contribution in [0, 0.1) is 11.8 Å². The van der Waals surface area contributed by atoms with Crippen LogP contribution in [0.15, 0.2) is 24.3 Å². The molecule has 0 radical (unpaired) electrons. The minimum atomic E-state index is -1.50. The van der Waals surface area contributed by atoms with Crippen molar-refractivity contribution in [3.63, 3.8) is 0 Å². The Balaban J connectivity index is 1.69. The Morgan fingerprint density at radius 3 is 1.57 bits per heavy atom. The maximum absolute atomic E-state index is 11.5. The summed E-state index contributed by atoms with van der Waals surface area (Å²) >= 11 is 0. The molecule has 2 aromatic carbocycles. The highest BCUT2D eigenvalue weighted by Gasteiger charge is 2.40. The van der Waals surface area contributed by atoms with E-state index in [4.69, 9.17) is 9.47 Å². The van der Waals surface area contributed by atoms with Crippen molar-refractivity contribution in [2.75, 3.05) is 6.61 Å². The van der Waals surface area contributed by atoms with Gasteiger partial charge in [-0.05, 0) is 97.6 Å². The predicted molar refractivity (Wildman–Crippen MR) is 196 cm³/mol. The van der Waals surface area contributed by atoms with Gasteiger partial charge >= 0.3 is 0 Å². The number of phenols is 4. The Bertz CT molecular complexity index is 1320. The van der Waals surface area contributed by atoms with Gasteiger partial charge in [-0.2, -0.15) is 0 Å². The van der Waals surface area contributed by atoms with Gasteiger partial charge in [0.15, 0.2) is 6.29 Å². The van der Waals surface area contributed by atoms with Crippen LogP contribution in [0.25, 0.3) is 0 Å². The number of aliphatic hydroxyl groups excluding tert-OH is 4. The number of benzene rings is 2. The van der Waals surface area contributed by atoms with E-state index in [1.54, 1.807) is 24.3 Å². The molecule has 0 aromatic heterocycles. The van der Waals surface area contributed by atoms with Crippen LogP contribution in [0.2, 0.25) is 0 Å². The van der Waals surface area contributed by atoms with Gasteiger partial charge in [0, 0.05) is 11.1 Å². The first kappa shape index (κ1) is 41.2. The van der Waals surface area contributed by atoms with E-state index in [0.717, 1.165) is 83.5 Å². The van der Waals surface area contributed by atoms with Crippen molar-refractivity contribution in [1.82, 2.24) is 0 Å². The highest BCUT2D eigenvalue weighted by atomic mass is 16.7. The molecular weight excluding hydrogens is 652 g/mol. The topological polar surface area (TPSA) is 180 Å². The van der Waals surface area contributed by atoms with Crippen molar-refractivity contribution in [3.8, 4) is 23.0 Å². The molecular formula is C41H64O10. The standard InChI is InChI=1S/C41H64O10/c1-5-7-15-26-18-12-10-14-25(4)40(51-41-39(49)38(48)34(46)23-50-41)29-21-32(44)36(33(45)22-29)27(16-8-6-2)17-11-9-13-24(3)37(47)28-19-30(42)35(26)31(43)20-28/h19-22,24-27,34,37-49H,5-18,23H2,1-4H3/t24-,25-,26-,27-,34+,37+,38+,39+,40+,41-/m0/s1. The van der Waals surface area contributed by atoms with Crippen LogP contribution in [-0.2, 0) is 9.47 Å². The van der Waals surface area contributed by atoms with Gasteiger partial charge in [-0.1, -0.05) is 79.1 Å². The van der Waals surface area contributed by atoms with Gasteiger partial charge in [0.25, 0.3) is 0 Å². The molecule has 288 valence electrons. The molecule has 0 amide bonds. The minimum Gasteiger partial charge on any atom is -0.508 e. The van der Waals surface area contributed by atoms with Gasteiger partial charge in [0.1, 0.15) is 41.3 Å². The van der Waals surface area contributed by atoms with E-state index in [1.807, 2.05) is 13.8 Å². The van der Waals surface area contributed by atoms with Gasteiger partial charge in [-0.3, -0.25) is 0 Å². The summed E-state index contributed by atoms with van der Waals surface area (Å²) in [4.78, 5) is 0. The number of ether oxygens (including phenoxy) is 2. The molecule has 1 saturated heterocycles. The second-order valence-electron chi connectivity index (χ2n) is 15.4. The number of unbranched alkanes of at least 4 members (excludes halogenated alkanes) is 2. The summed E-state index contributed by atoms with van der Waals surface area (Å²) in [6.07, 6.45) is 4.42. The Morgan fingerprint density at radius 1 is 0.627 bits per heavy atom. The number of aliphatic hydroxyl groups is 4. The lowest BCUT2D eigenvalue weighted by molar-refractivity contribution is -0.288. The molecule has 1 fully saturated rings. The molecule has 0 unspecified atom stereocenters. The monoisotopic (exact) mass is 716 g/mol. The first-order valence-corrected chi connectivity index (χ1v) is 19.5. The Morgan fingerprint density at radius 2 is 1.08 bits per heavy atom. The third kappa shape index (κ3) is 10.5. The zero-order valence-corrected chi connectivity index (χ0v) is 31.1. The van der Waals surface area contributed by atoms with Crippen LogP contribution in [0.1, 0.15) is 164 Å². The lowest BCUT2D eigenvalue weighted by Gasteiger charge is -2.38. The van der Waals surface area contributed by atoms with Gasteiger partial charge < -0.3 is 50.3 Å².